The Morgan fingerprint density at radius 1 is 1.08 bits per heavy atom. The zero-order chi connectivity index (χ0) is 25.4. The molecule has 3 aromatic heterocycles. The number of alkyl halides is 3. The van der Waals surface area contributed by atoms with Gasteiger partial charge < -0.3 is 19.6 Å². The lowest BCUT2D eigenvalue weighted by molar-refractivity contribution is -0.274. The second kappa shape index (κ2) is 9.26. The summed E-state index contributed by atoms with van der Waals surface area (Å²) in [4.78, 5) is 16.8. The van der Waals surface area contributed by atoms with Gasteiger partial charge >= 0.3 is 6.36 Å². The highest BCUT2D eigenvalue weighted by molar-refractivity contribution is 5.93. The molecule has 1 unspecified atom stereocenters. The molecular weight excluding hydrogens is 481 g/mol. The van der Waals surface area contributed by atoms with E-state index in [1.165, 1.54) is 24.4 Å². The van der Waals surface area contributed by atoms with Crippen LogP contribution in [-0.2, 0) is 0 Å². The van der Waals surface area contributed by atoms with Gasteiger partial charge in [0.15, 0.2) is 5.65 Å². The van der Waals surface area contributed by atoms with Crippen molar-refractivity contribution in [3.63, 3.8) is 0 Å². The van der Waals surface area contributed by atoms with Crippen molar-refractivity contribution in [2.45, 2.75) is 25.2 Å². The number of hydrogen-bond donors (Lipinski definition) is 2. The zero-order valence-corrected chi connectivity index (χ0v) is 19.5. The first-order valence-electron chi connectivity index (χ1n) is 11.8. The predicted octanol–water partition coefficient (Wildman–Crippen LogP) is 5.20. The van der Waals surface area contributed by atoms with Gasteiger partial charge in [-0.1, -0.05) is 24.1 Å². The van der Waals surface area contributed by atoms with E-state index < -0.39 is 6.36 Å². The van der Waals surface area contributed by atoms with Crippen LogP contribution in [0.3, 0.4) is 0 Å². The lowest BCUT2D eigenvalue weighted by Gasteiger charge is -2.24. The summed E-state index contributed by atoms with van der Waals surface area (Å²) in [5.74, 6) is 5.18. The molecule has 0 radical (unpaired) electrons. The molecule has 1 saturated heterocycles. The van der Waals surface area contributed by atoms with E-state index in [4.69, 9.17) is 0 Å². The van der Waals surface area contributed by atoms with Crippen molar-refractivity contribution in [1.29, 1.82) is 0 Å². The van der Waals surface area contributed by atoms with Crippen LogP contribution in [0.15, 0.2) is 61.2 Å². The van der Waals surface area contributed by atoms with Gasteiger partial charge in [-0.05, 0) is 55.1 Å². The average Bonchev–Trinajstić information content (AvgIpc) is 3.51. The number of nitrogens with one attached hydrogen (secondary N) is 2. The number of benzene rings is 2. The Morgan fingerprint density at radius 2 is 1.97 bits per heavy atom. The highest BCUT2D eigenvalue weighted by Gasteiger charge is 2.31. The molecule has 7 nitrogen and oxygen atoms in total. The van der Waals surface area contributed by atoms with Crippen LogP contribution in [0.25, 0.3) is 33.3 Å². The number of halogens is 3. The van der Waals surface area contributed by atoms with Crippen molar-refractivity contribution in [3.05, 3.63) is 72.4 Å². The fraction of sp³-hybridized carbons (Fsp3) is 0.222. The van der Waals surface area contributed by atoms with Gasteiger partial charge in [0, 0.05) is 24.3 Å². The minimum atomic E-state index is -4.81. The van der Waals surface area contributed by atoms with Crippen molar-refractivity contribution >= 4 is 22.2 Å². The van der Waals surface area contributed by atoms with E-state index >= 15 is 0 Å². The first kappa shape index (κ1) is 23.1. The SMILES string of the molecule is FC(F)(F)Oc1ccccc1C#Cc1cnc2[nH]cc(-c3ccc4ncn(C5CCCNC5)c4c3)c2n1. The summed E-state index contributed by atoms with van der Waals surface area (Å²) in [5, 5.41) is 3.45. The summed E-state index contributed by atoms with van der Waals surface area (Å²) >= 11 is 0. The molecule has 0 saturated carbocycles. The van der Waals surface area contributed by atoms with Gasteiger partial charge in [-0.3, -0.25) is 0 Å². The van der Waals surface area contributed by atoms with Crippen molar-refractivity contribution in [3.8, 4) is 28.7 Å². The molecule has 0 bridgehead atoms. The number of para-hydroxylation sites is 1. The molecule has 1 atom stereocenters. The van der Waals surface area contributed by atoms with Crippen LogP contribution in [0.1, 0.15) is 30.1 Å². The standard InChI is InChI=1S/C27H21F3N6O/c28-27(29,30)37-24-6-2-1-4-17(24)7-9-19-13-32-26-25(35-19)21(15-33-26)18-8-10-22-23(12-18)36(16-34-22)20-5-3-11-31-14-20/h1-2,4,6,8,10,12-13,15-16,20,31H,3,5,11,14H2,(H,32,33). The normalized spacial score (nSPS) is 16.0. The number of H-pyrrole nitrogens is 1. The molecule has 0 spiro atoms. The number of piperidine rings is 1. The maximum absolute atomic E-state index is 12.7. The van der Waals surface area contributed by atoms with Gasteiger partial charge in [0.25, 0.3) is 0 Å². The maximum atomic E-state index is 12.7. The fourth-order valence-corrected chi connectivity index (χ4v) is 4.64. The van der Waals surface area contributed by atoms with E-state index in [1.54, 1.807) is 6.07 Å². The van der Waals surface area contributed by atoms with Gasteiger partial charge in [-0.2, -0.15) is 0 Å². The summed E-state index contributed by atoms with van der Waals surface area (Å²) in [6, 6.07) is 12.2. The van der Waals surface area contributed by atoms with Gasteiger partial charge in [0.05, 0.1) is 29.1 Å². The van der Waals surface area contributed by atoms with E-state index in [0.29, 0.717) is 22.9 Å². The Morgan fingerprint density at radius 3 is 2.81 bits per heavy atom. The smallest absolute Gasteiger partial charge is 0.404 e. The second-order valence-corrected chi connectivity index (χ2v) is 8.80. The Balaban J connectivity index is 1.36. The van der Waals surface area contributed by atoms with Crippen LogP contribution >= 0.6 is 0 Å². The lowest BCUT2D eigenvalue weighted by Crippen LogP contribution is -2.31. The molecule has 2 N–H and O–H groups in total. The molecule has 0 amide bonds. The summed E-state index contributed by atoms with van der Waals surface area (Å²) in [7, 11) is 0. The molecule has 6 rings (SSSR count). The average molecular weight is 503 g/mol. The maximum Gasteiger partial charge on any atom is 0.573 e. The number of hydrogen-bond acceptors (Lipinski definition) is 5. The molecule has 186 valence electrons. The fourth-order valence-electron chi connectivity index (χ4n) is 4.64. The van der Waals surface area contributed by atoms with Crippen LogP contribution < -0.4 is 10.1 Å². The summed E-state index contributed by atoms with van der Waals surface area (Å²) in [5.41, 5.74) is 5.41. The first-order chi connectivity index (χ1) is 17.9. The van der Waals surface area contributed by atoms with Crippen molar-refractivity contribution < 1.29 is 17.9 Å². The number of ether oxygens (including phenoxy) is 1. The highest BCUT2D eigenvalue weighted by Crippen LogP contribution is 2.31. The predicted molar refractivity (Wildman–Crippen MR) is 133 cm³/mol. The molecular formula is C27H21F3N6O. The minimum absolute atomic E-state index is 0.104. The van der Waals surface area contributed by atoms with E-state index in [2.05, 4.69) is 52.5 Å². The summed E-state index contributed by atoms with van der Waals surface area (Å²) in [6.07, 6.45) is 2.64. The van der Waals surface area contributed by atoms with E-state index in [-0.39, 0.29) is 11.3 Å². The second-order valence-electron chi connectivity index (χ2n) is 8.80. The van der Waals surface area contributed by atoms with Crippen LogP contribution in [0.5, 0.6) is 5.75 Å². The number of nitrogens with zero attached hydrogens (tertiary/aromatic N) is 4. The van der Waals surface area contributed by atoms with Gasteiger partial charge in [0.2, 0.25) is 0 Å². The number of rotatable bonds is 3. The quantitative estimate of drug-likeness (QED) is 0.332. The molecule has 0 aliphatic carbocycles. The third-order valence-electron chi connectivity index (χ3n) is 6.37. The molecule has 1 aliphatic heterocycles. The topological polar surface area (TPSA) is 80.6 Å². The monoisotopic (exact) mass is 502 g/mol. The molecule has 1 aliphatic rings. The molecule has 4 heterocycles. The minimum Gasteiger partial charge on any atom is -0.404 e. The van der Waals surface area contributed by atoms with Crippen LogP contribution in [0.2, 0.25) is 0 Å². The number of fused-ring (bicyclic) bond motifs is 2. The number of aromatic amines is 1. The van der Waals surface area contributed by atoms with E-state index in [0.717, 1.165) is 48.1 Å². The van der Waals surface area contributed by atoms with Crippen LogP contribution in [0.4, 0.5) is 13.2 Å². The summed E-state index contributed by atoms with van der Waals surface area (Å²) < 4.78 is 44.5. The largest absolute Gasteiger partial charge is 0.573 e. The Labute approximate surface area is 209 Å². The van der Waals surface area contributed by atoms with Crippen molar-refractivity contribution in [2.24, 2.45) is 0 Å². The molecule has 1 fully saturated rings. The molecule has 10 heteroatoms. The van der Waals surface area contributed by atoms with Gasteiger partial charge in [0.1, 0.15) is 17.0 Å². The van der Waals surface area contributed by atoms with Gasteiger partial charge in [-0.15, -0.1) is 13.2 Å². The van der Waals surface area contributed by atoms with Gasteiger partial charge in [-0.25, -0.2) is 15.0 Å². The van der Waals surface area contributed by atoms with Crippen LogP contribution in [0, 0.1) is 11.8 Å². The van der Waals surface area contributed by atoms with Crippen LogP contribution in [-0.4, -0.2) is 44.0 Å². The third-order valence-corrected chi connectivity index (χ3v) is 6.37. The molecule has 5 aromatic rings. The Bertz CT molecular complexity index is 1650. The third kappa shape index (κ3) is 4.73. The molecule has 37 heavy (non-hydrogen) atoms. The molecule has 2 aromatic carbocycles. The Kier molecular flexibility index (Phi) is 5.77. The van der Waals surface area contributed by atoms with E-state index in [9.17, 15) is 13.2 Å². The van der Waals surface area contributed by atoms with E-state index in [1.807, 2.05) is 24.7 Å². The summed E-state index contributed by atoms with van der Waals surface area (Å²) in [6.45, 7) is 1.95. The number of imidazole rings is 1. The highest BCUT2D eigenvalue weighted by atomic mass is 19.4. The zero-order valence-electron chi connectivity index (χ0n) is 19.5. The van der Waals surface area contributed by atoms with Crippen molar-refractivity contribution in [1.82, 2.24) is 29.8 Å². The Hall–Kier alpha value is -4.36. The lowest BCUT2D eigenvalue weighted by atomic mass is 10.1. The first-order valence-corrected chi connectivity index (χ1v) is 11.8. The van der Waals surface area contributed by atoms with Crippen molar-refractivity contribution in [2.75, 3.05) is 13.1 Å². The number of aromatic nitrogens is 5.